The Morgan fingerprint density at radius 3 is 2.15 bits per heavy atom. The van der Waals surface area contributed by atoms with E-state index in [1.54, 1.807) is 0 Å². The van der Waals surface area contributed by atoms with E-state index in [1.807, 2.05) is 42.5 Å². The summed E-state index contributed by atoms with van der Waals surface area (Å²) in [7, 11) is 0. The standard InChI is InChI=1S/C24H15BrN2/c25-20-13-11-17(12-14-20)24-26-22-8-4-3-7-21(22)23(27-24)19-10-9-16-5-1-2-6-18(16)15-19/h1-15H. The quantitative estimate of drug-likeness (QED) is 0.316. The molecule has 0 radical (unpaired) electrons. The maximum atomic E-state index is 4.95. The van der Waals surface area contributed by atoms with Crippen molar-refractivity contribution < 1.29 is 0 Å². The van der Waals surface area contributed by atoms with Gasteiger partial charge in [-0.15, -0.1) is 0 Å². The summed E-state index contributed by atoms with van der Waals surface area (Å²) in [6.45, 7) is 0. The van der Waals surface area contributed by atoms with Crippen LogP contribution in [0.25, 0.3) is 44.3 Å². The van der Waals surface area contributed by atoms with E-state index in [4.69, 9.17) is 9.97 Å². The number of hydrogen-bond acceptors (Lipinski definition) is 2. The molecule has 0 atom stereocenters. The van der Waals surface area contributed by atoms with Crippen LogP contribution in [0.4, 0.5) is 0 Å². The van der Waals surface area contributed by atoms with Crippen molar-refractivity contribution in [3.05, 3.63) is 95.5 Å². The first-order valence-electron chi connectivity index (χ1n) is 8.80. The zero-order chi connectivity index (χ0) is 18.2. The van der Waals surface area contributed by atoms with Crippen LogP contribution in [0.3, 0.4) is 0 Å². The van der Waals surface area contributed by atoms with Crippen LogP contribution in [0.2, 0.25) is 0 Å². The van der Waals surface area contributed by atoms with Crippen LogP contribution in [0.15, 0.2) is 95.5 Å². The van der Waals surface area contributed by atoms with Crippen molar-refractivity contribution >= 4 is 37.6 Å². The number of rotatable bonds is 2. The molecular formula is C24H15BrN2. The fourth-order valence-electron chi connectivity index (χ4n) is 3.36. The van der Waals surface area contributed by atoms with E-state index in [9.17, 15) is 0 Å². The molecule has 1 heterocycles. The van der Waals surface area contributed by atoms with Crippen LogP contribution in [0.1, 0.15) is 0 Å². The van der Waals surface area contributed by atoms with Gasteiger partial charge in [-0.1, -0.05) is 82.7 Å². The normalized spacial score (nSPS) is 11.1. The highest BCUT2D eigenvalue weighted by atomic mass is 79.9. The second kappa shape index (κ2) is 6.60. The highest BCUT2D eigenvalue weighted by Gasteiger charge is 2.11. The summed E-state index contributed by atoms with van der Waals surface area (Å²) >= 11 is 3.49. The average Bonchev–Trinajstić information content (AvgIpc) is 2.73. The van der Waals surface area contributed by atoms with Gasteiger partial charge in [0.05, 0.1) is 11.2 Å². The molecule has 0 bridgehead atoms. The van der Waals surface area contributed by atoms with E-state index >= 15 is 0 Å². The summed E-state index contributed by atoms with van der Waals surface area (Å²) in [6, 6.07) is 31.2. The van der Waals surface area contributed by atoms with Crippen LogP contribution >= 0.6 is 15.9 Å². The van der Waals surface area contributed by atoms with Gasteiger partial charge in [-0.05, 0) is 35.0 Å². The van der Waals surface area contributed by atoms with Gasteiger partial charge < -0.3 is 0 Å². The summed E-state index contributed by atoms with van der Waals surface area (Å²) in [5.41, 5.74) is 4.02. The second-order valence-electron chi connectivity index (χ2n) is 6.48. The third-order valence-corrected chi connectivity index (χ3v) is 5.26. The van der Waals surface area contributed by atoms with Crippen LogP contribution in [-0.2, 0) is 0 Å². The first kappa shape index (κ1) is 16.2. The molecule has 0 fully saturated rings. The molecule has 128 valence electrons. The number of benzene rings is 4. The Morgan fingerprint density at radius 2 is 1.30 bits per heavy atom. The van der Waals surface area contributed by atoms with Crippen molar-refractivity contribution in [2.75, 3.05) is 0 Å². The lowest BCUT2D eigenvalue weighted by atomic mass is 10.0. The fraction of sp³-hybridized carbons (Fsp3) is 0. The first-order valence-corrected chi connectivity index (χ1v) is 9.59. The number of aromatic nitrogens is 2. The molecule has 3 heteroatoms. The molecule has 0 unspecified atom stereocenters. The number of para-hydroxylation sites is 1. The summed E-state index contributed by atoms with van der Waals surface area (Å²) < 4.78 is 1.04. The summed E-state index contributed by atoms with van der Waals surface area (Å²) in [6.07, 6.45) is 0. The van der Waals surface area contributed by atoms with Gasteiger partial charge in [-0.2, -0.15) is 0 Å². The van der Waals surface area contributed by atoms with Gasteiger partial charge in [-0.25, -0.2) is 9.97 Å². The lowest BCUT2D eigenvalue weighted by Gasteiger charge is -2.10. The number of fused-ring (bicyclic) bond motifs is 2. The molecule has 0 aliphatic heterocycles. The van der Waals surface area contributed by atoms with Gasteiger partial charge in [0.15, 0.2) is 5.82 Å². The maximum Gasteiger partial charge on any atom is 0.160 e. The van der Waals surface area contributed by atoms with E-state index in [0.717, 1.165) is 38.0 Å². The van der Waals surface area contributed by atoms with Crippen molar-refractivity contribution in [2.45, 2.75) is 0 Å². The molecule has 0 N–H and O–H groups in total. The minimum atomic E-state index is 0.740. The number of hydrogen-bond donors (Lipinski definition) is 0. The third kappa shape index (κ3) is 3.00. The summed E-state index contributed by atoms with van der Waals surface area (Å²) in [4.78, 5) is 9.75. The van der Waals surface area contributed by atoms with Crippen LogP contribution in [0.5, 0.6) is 0 Å². The van der Waals surface area contributed by atoms with Gasteiger partial charge in [0, 0.05) is 21.0 Å². The SMILES string of the molecule is Brc1ccc(-c2nc(-c3ccc4ccccc4c3)c3ccccc3n2)cc1. The van der Waals surface area contributed by atoms with Crippen LogP contribution in [0, 0.1) is 0 Å². The Balaban J connectivity index is 1.77. The number of halogens is 1. The average molecular weight is 411 g/mol. The molecule has 27 heavy (non-hydrogen) atoms. The Labute approximate surface area is 165 Å². The van der Waals surface area contributed by atoms with E-state index < -0.39 is 0 Å². The monoisotopic (exact) mass is 410 g/mol. The Kier molecular flexibility index (Phi) is 3.95. The molecule has 0 amide bonds. The molecule has 5 aromatic rings. The van der Waals surface area contributed by atoms with Crippen LogP contribution < -0.4 is 0 Å². The highest BCUT2D eigenvalue weighted by Crippen LogP contribution is 2.31. The van der Waals surface area contributed by atoms with E-state index in [1.165, 1.54) is 10.8 Å². The molecule has 4 aromatic carbocycles. The molecule has 1 aromatic heterocycles. The van der Waals surface area contributed by atoms with Gasteiger partial charge in [-0.3, -0.25) is 0 Å². The molecule has 0 aliphatic rings. The van der Waals surface area contributed by atoms with Crippen molar-refractivity contribution in [2.24, 2.45) is 0 Å². The zero-order valence-corrected chi connectivity index (χ0v) is 16.0. The van der Waals surface area contributed by atoms with Crippen molar-refractivity contribution in [1.82, 2.24) is 9.97 Å². The minimum Gasteiger partial charge on any atom is -0.228 e. The largest absolute Gasteiger partial charge is 0.228 e. The predicted molar refractivity (Wildman–Crippen MR) is 116 cm³/mol. The zero-order valence-electron chi connectivity index (χ0n) is 14.4. The van der Waals surface area contributed by atoms with Gasteiger partial charge >= 0.3 is 0 Å². The molecule has 0 spiro atoms. The summed E-state index contributed by atoms with van der Waals surface area (Å²) in [5, 5.41) is 3.50. The summed E-state index contributed by atoms with van der Waals surface area (Å²) in [5.74, 6) is 0.740. The molecular weight excluding hydrogens is 396 g/mol. The van der Waals surface area contributed by atoms with Crippen molar-refractivity contribution in [3.63, 3.8) is 0 Å². The maximum absolute atomic E-state index is 4.95. The van der Waals surface area contributed by atoms with Crippen molar-refractivity contribution in [1.29, 1.82) is 0 Å². The van der Waals surface area contributed by atoms with Gasteiger partial charge in [0.2, 0.25) is 0 Å². The van der Waals surface area contributed by atoms with E-state index in [2.05, 4.69) is 64.5 Å². The minimum absolute atomic E-state index is 0.740. The van der Waals surface area contributed by atoms with Gasteiger partial charge in [0.25, 0.3) is 0 Å². The Bertz CT molecular complexity index is 1280. The Hall–Kier alpha value is -3.04. The lowest BCUT2D eigenvalue weighted by Crippen LogP contribution is -1.95. The number of nitrogens with zero attached hydrogens (tertiary/aromatic N) is 2. The molecule has 0 saturated carbocycles. The van der Waals surface area contributed by atoms with E-state index in [0.29, 0.717) is 0 Å². The van der Waals surface area contributed by atoms with E-state index in [-0.39, 0.29) is 0 Å². The third-order valence-electron chi connectivity index (χ3n) is 4.73. The van der Waals surface area contributed by atoms with Gasteiger partial charge in [0.1, 0.15) is 0 Å². The molecule has 0 aliphatic carbocycles. The topological polar surface area (TPSA) is 25.8 Å². The molecule has 5 rings (SSSR count). The fourth-order valence-corrected chi connectivity index (χ4v) is 3.63. The van der Waals surface area contributed by atoms with Crippen LogP contribution in [-0.4, -0.2) is 9.97 Å². The molecule has 2 nitrogen and oxygen atoms in total. The Morgan fingerprint density at radius 1 is 0.593 bits per heavy atom. The molecule has 0 saturated heterocycles. The smallest absolute Gasteiger partial charge is 0.160 e. The lowest BCUT2D eigenvalue weighted by molar-refractivity contribution is 1.23. The second-order valence-corrected chi connectivity index (χ2v) is 7.40. The first-order chi connectivity index (χ1) is 13.3. The van der Waals surface area contributed by atoms with Crippen molar-refractivity contribution in [3.8, 4) is 22.6 Å². The predicted octanol–water partition coefficient (Wildman–Crippen LogP) is 6.88. The highest BCUT2D eigenvalue weighted by molar-refractivity contribution is 9.10.